The molecule has 3 heterocycles. The number of carboxylic acids is 1. The first-order chi connectivity index (χ1) is 15.1. The fraction of sp³-hybridized carbons (Fsp3) is 0.500. The van der Waals surface area contributed by atoms with E-state index in [1.54, 1.807) is 4.90 Å². The van der Waals surface area contributed by atoms with E-state index in [9.17, 15) is 9.59 Å². The lowest BCUT2D eigenvalue weighted by atomic mass is 9.96. The van der Waals surface area contributed by atoms with E-state index < -0.39 is 5.97 Å². The van der Waals surface area contributed by atoms with Crippen LogP contribution < -0.4 is 4.90 Å². The first-order valence-electron chi connectivity index (χ1n) is 10.7. The molecule has 1 aromatic carbocycles. The van der Waals surface area contributed by atoms with E-state index in [0.717, 1.165) is 51.1 Å². The Hall–Kier alpha value is -3.07. The summed E-state index contributed by atoms with van der Waals surface area (Å²) in [6.45, 7) is 5.97. The third kappa shape index (κ3) is 5.55. The number of ether oxygens (including phenoxy) is 1. The number of hydrogen-bond acceptors (Lipinski definition) is 7. The van der Waals surface area contributed by atoms with E-state index in [1.807, 2.05) is 35.2 Å². The van der Waals surface area contributed by atoms with Gasteiger partial charge < -0.3 is 24.1 Å². The molecule has 0 radical (unpaired) electrons. The highest BCUT2D eigenvalue weighted by molar-refractivity contribution is 5.84. The van der Waals surface area contributed by atoms with Crippen LogP contribution in [0.2, 0.25) is 0 Å². The molecule has 0 atom stereocenters. The molecule has 1 N–H and O–H groups in total. The standard InChI is InChI=1S/C22H28N4O5/c27-20(28)19-14-23-21(31-19)25-8-6-17(7-9-25)15-24-10-12-26(13-11-24)22(29)30-16-18-4-2-1-3-5-18/h1-5,14,17H,6-13,15-16H2,(H,27,28). The molecule has 2 aliphatic heterocycles. The molecule has 9 nitrogen and oxygen atoms in total. The van der Waals surface area contributed by atoms with Crippen LogP contribution in [0, 0.1) is 5.92 Å². The summed E-state index contributed by atoms with van der Waals surface area (Å²) in [6, 6.07) is 10.1. The van der Waals surface area contributed by atoms with Gasteiger partial charge in [0, 0.05) is 45.8 Å². The maximum atomic E-state index is 12.3. The molecule has 166 valence electrons. The van der Waals surface area contributed by atoms with Gasteiger partial charge in [0.05, 0.1) is 6.20 Å². The molecular formula is C22H28N4O5. The van der Waals surface area contributed by atoms with E-state index in [4.69, 9.17) is 14.3 Å². The molecule has 2 saturated heterocycles. The number of benzene rings is 1. The van der Waals surface area contributed by atoms with E-state index in [2.05, 4.69) is 9.88 Å². The fourth-order valence-electron chi connectivity index (χ4n) is 4.11. The summed E-state index contributed by atoms with van der Waals surface area (Å²) >= 11 is 0. The van der Waals surface area contributed by atoms with Crippen molar-refractivity contribution in [1.29, 1.82) is 0 Å². The first-order valence-corrected chi connectivity index (χ1v) is 10.7. The van der Waals surface area contributed by atoms with Crippen molar-refractivity contribution < 1.29 is 23.8 Å². The molecule has 0 aliphatic carbocycles. The van der Waals surface area contributed by atoms with Crippen molar-refractivity contribution in [2.75, 3.05) is 50.7 Å². The maximum absolute atomic E-state index is 12.3. The van der Waals surface area contributed by atoms with E-state index in [-0.39, 0.29) is 11.9 Å². The molecule has 0 spiro atoms. The fourth-order valence-corrected chi connectivity index (χ4v) is 4.11. The first kappa shape index (κ1) is 21.2. The maximum Gasteiger partial charge on any atom is 0.410 e. The van der Waals surface area contributed by atoms with Crippen molar-refractivity contribution >= 4 is 18.1 Å². The topological polar surface area (TPSA) is 99.4 Å². The van der Waals surface area contributed by atoms with Gasteiger partial charge in [-0.2, -0.15) is 0 Å². The molecule has 0 unspecified atom stereocenters. The SMILES string of the molecule is O=C(O)c1cnc(N2CCC(CN3CCN(C(=O)OCc4ccccc4)CC3)CC2)o1. The number of aromatic carboxylic acids is 1. The Labute approximate surface area is 181 Å². The highest BCUT2D eigenvalue weighted by Gasteiger charge is 2.27. The molecule has 9 heteroatoms. The summed E-state index contributed by atoms with van der Waals surface area (Å²) < 4.78 is 10.7. The number of carboxylic acid groups (broad SMARTS) is 1. The number of anilines is 1. The Kier molecular flexibility index (Phi) is 6.71. The Morgan fingerprint density at radius 1 is 1.06 bits per heavy atom. The van der Waals surface area contributed by atoms with Crippen LogP contribution in [0.5, 0.6) is 0 Å². The average molecular weight is 428 g/mol. The van der Waals surface area contributed by atoms with Crippen LogP contribution >= 0.6 is 0 Å². The third-order valence-corrected chi connectivity index (χ3v) is 5.94. The van der Waals surface area contributed by atoms with Crippen LogP contribution in [-0.2, 0) is 11.3 Å². The highest BCUT2D eigenvalue weighted by atomic mass is 16.6. The summed E-state index contributed by atoms with van der Waals surface area (Å²) in [5, 5.41) is 8.97. The second-order valence-electron chi connectivity index (χ2n) is 8.07. The third-order valence-electron chi connectivity index (χ3n) is 5.94. The predicted molar refractivity (Wildman–Crippen MR) is 113 cm³/mol. The van der Waals surface area contributed by atoms with Gasteiger partial charge in [-0.1, -0.05) is 30.3 Å². The van der Waals surface area contributed by atoms with Gasteiger partial charge in [0.2, 0.25) is 5.76 Å². The van der Waals surface area contributed by atoms with E-state index >= 15 is 0 Å². The van der Waals surface area contributed by atoms with Gasteiger partial charge in [-0.3, -0.25) is 4.90 Å². The van der Waals surface area contributed by atoms with Crippen LogP contribution in [0.3, 0.4) is 0 Å². The lowest BCUT2D eigenvalue weighted by molar-refractivity contribution is 0.0653. The predicted octanol–water partition coefficient (Wildman–Crippen LogP) is 2.54. The van der Waals surface area contributed by atoms with E-state index in [0.29, 0.717) is 31.6 Å². The Balaban J connectivity index is 1.16. The van der Waals surface area contributed by atoms with Gasteiger partial charge in [-0.05, 0) is 24.3 Å². The molecule has 0 bridgehead atoms. The lowest BCUT2D eigenvalue weighted by Gasteiger charge is -2.38. The molecule has 1 amide bonds. The van der Waals surface area contributed by atoms with Gasteiger partial charge in [0.15, 0.2) is 0 Å². The van der Waals surface area contributed by atoms with Gasteiger partial charge in [-0.15, -0.1) is 0 Å². The number of piperidine rings is 1. The van der Waals surface area contributed by atoms with E-state index in [1.165, 1.54) is 6.20 Å². The lowest BCUT2D eigenvalue weighted by Crippen LogP contribution is -2.50. The van der Waals surface area contributed by atoms with Crippen LogP contribution in [0.1, 0.15) is 29.0 Å². The minimum Gasteiger partial charge on any atom is -0.475 e. The largest absolute Gasteiger partial charge is 0.475 e. The Morgan fingerprint density at radius 3 is 2.42 bits per heavy atom. The van der Waals surface area contributed by atoms with Crippen molar-refractivity contribution in [3.8, 4) is 0 Å². The molecule has 2 fully saturated rings. The van der Waals surface area contributed by atoms with Gasteiger partial charge >= 0.3 is 12.1 Å². The number of oxazole rings is 1. The van der Waals surface area contributed by atoms with Gasteiger partial charge in [0.25, 0.3) is 6.01 Å². The quantitative estimate of drug-likeness (QED) is 0.749. The smallest absolute Gasteiger partial charge is 0.410 e. The van der Waals surface area contributed by atoms with Crippen LogP contribution in [0.15, 0.2) is 40.9 Å². The number of nitrogens with zero attached hydrogens (tertiary/aromatic N) is 4. The summed E-state index contributed by atoms with van der Waals surface area (Å²) in [5.74, 6) is -0.657. The second-order valence-corrected chi connectivity index (χ2v) is 8.07. The second kappa shape index (κ2) is 9.82. The average Bonchev–Trinajstić information content (AvgIpc) is 3.30. The minimum atomic E-state index is -1.10. The van der Waals surface area contributed by atoms with Gasteiger partial charge in [-0.25, -0.2) is 14.6 Å². The zero-order valence-electron chi connectivity index (χ0n) is 17.5. The Morgan fingerprint density at radius 2 is 1.77 bits per heavy atom. The summed E-state index contributed by atoms with van der Waals surface area (Å²) in [5.41, 5.74) is 0.991. The number of rotatable bonds is 6. The molecule has 4 rings (SSSR count). The summed E-state index contributed by atoms with van der Waals surface area (Å²) in [6.07, 6.45) is 3.02. The van der Waals surface area contributed by atoms with Crippen molar-refractivity contribution in [2.24, 2.45) is 5.92 Å². The van der Waals surface area contributed by atoms with Crippen molar-refractivity contribution in [1.82, 2.24) is 14.8 Å². The zero-order valence-corrected chi connectivity index (χ0v) is 17.5. The van der Waals surface area contributed by atoms with Gasteiger partial charge in [0.1, 0.15) is 6.61 Å². The normalized spacial score (nSPS) is 18.2. The van der Waals surface area contributed by atoms with Crippen LogP contribution in [-0.4, -0.2) is 77.8 Å². The number of piperazine rings is 1. The summed E-state index contributed by atoms with van der Waals surface area (Å²) in [7, 11) is 0. The minimum absolute atomic E-state index is 0.128. The number of aromatic nitrogens is 1. The molecule has 2 aromatic rings. The molecule has 0 saturated carbocycles. The summed E-state index contributed by atoms with van der Waals surface area (Å²) in [4.78, 5) is 33.5. The number of carbonyl (C=O) groups excluding carboxylic acids is 1. The van der Waals surface area contributed by atoms with Crippen molar-refractivity contribution in [3.05, 3.63) is 47.9 Å². The monoisotopic (exact) mass is 428 g/mol. The molecule has 2 aliphatic rings. The molecular weight excluding hydrogens is 400 g/mol. The zero-order chi connectivity index (χ0) is 21.6. The highest BCUT2D eigenvalue weighted by Crippen LogP contribution is 2.24. The molecule has 1 aromatic heterocycles. The van der Waals surface area contributed by atoms with Crippen LogP contribution in [0.25, 0.3) is 0 Å². The Bertz CT molecular complexity index is 871. The number of carbonyl (C=O) groups is 2. The van der Waals surface area contributed by atoms with Crippen molar-refractivity contribution in [3.63, 3.8) is 0 Å². The number of hydrogen-bond donors (Lipinski definition) is 1. The van der Waals surface area contributed by atoms with Crippen LogP contribution in [0.4, 0.5) is 10.8 Å². The van der Waals surface area contributed by atoms with Crippen molar-refractivity contribution in [2.45, 2.75) is 19.4 Å². The molecule has 31 heavy (non-hydrogen) atoms. The number of amides is 1.